The van der Waals surface area contributed by atoms with Crippen LogP contribution < -0.4 is 11.3 Å². The molecule has 0 amide bonds. The molecule has 1 aromatic rings. The molecule has 0 aromatic carbocycles. The van der Waals surface area contributed by atoms with Gasteiger partial charge in [-0.25, -0.2) is 4.68 Å². The van der Waals surface area contributed by atoms with Crippen LogP contribution >= 0.6 is 0 Å². The quantitative estimate of drug-likeness (QED) is 0.759. The lowest BCUT2D eigenvalue weighted by molar-refractivity contribution is 0.446. The Kier molecular flexibility index (Phi) is 2.80. The third kappa shape index (κ3) is 1.48. The number of nitrogens with zero attached hydrogens (tertiary/aromatic N) is 2. The number of hydrogen-bond acceptors (Lipinski definition) is 2. The number of aromatic nitrogens is 2. The summed E-state index contributed by atoms with van der Waals surface area (Å²) in [6, 6.07) is 0. The zero-order valence-electron chi connectivity index (χ0n) is 8.50. The molecule has 0 atom stereocenters. The maximum absolute atomic E-state index is 11.6. The van der Waals surface area contributed by atoms with E-state index < -0.39 is 0 Å². The Morgan fingerprint density at radius 3 is 2.38 bits per heavy atom. The highest BCUT2D eigenvalue weighted by Gasteiger charge is 2.11. The Balaban J connectivity index is 3.30. The standard InChI is InChI=1S/C9H17N3O/c1-4-6-12-9(13)8(10)7(3)11(12)5-2/h4-6,10H2,1-3H3. The monoisotopic (exact) mass is 183 g/mol. The van der Waals surface area contributed by atoms with Gasteiger partial charge in [-0.1, -0.05) is 6.92 Å². The lowest BCUT2D eigenvalue weighted by Gasteiger charge is -2.09. The second-order valence-electron chi connectivity index (χ2n) is 3.14. The SMILES string of the molecule is CCCn1c(=O)c(N)c(C)n1CC. The molecule has 4 heteroatoms. The molecule has 4 nitrogen and oxygen atoms in total. The number of rotatable bonds is 3. The van der Waals surface area contributed by atoms with Crippen LogP contribution in [0.25, 0.3) is 0 Å². The van der Waals surface area contributed by atoms with Gasteiger partial charge in [0, 0.05) is 13.1 Å². The van der Waals surface area contributed by atoms with Gasteiger partial charge in [-0.05, 0) is 20.3 Å². The van der Waals surface area contributed by atoms with Gasteiger partial charge in [0.1, 0.15) is 5.69 Å². The number of hydrogen-bond donors (Lipinski definition) is 1. The van der Waals surface area contributed by atoms with Gasteiger partial charge >= 0.3 is 0 Å². The van der Waals surface area contributed by atoms with Crippen molar-refractivity contribution in [1.29, 1.82) is 0 Å². The molecule has 0 unspecified atom stereocenters. The average molecular weight is 183 g/mol. The highest BCUT2D eigenvalue weighted by atomic mass is 16.1. The molecule has 0 aliphatic heterocycles. The first-order valence-electron chi connectivity index (χ1n) is 4.69. The molecule has 0 bridgehead atoms. The van der Waals surface area contributed by atoms with Crippen LogP contribution in [0.3, 0.4) is 0 Å². The number of nitrogen functional groups attached to an aromatic ring is 1. The topological polar surface area (TPSA) is 52.9 Å². The van der Waals surface area contributed by atoms with Crippen molar-refractivity contribution < 1.29 is 0 Å². The molecule has 0 aliphatic carbocycles. The second kappa shape index (κ2) is 3.68. The molecule has 0 fully saturated rings. The first-order valence-corrected chi connectivity index (χ1v) is 4.69. The summed E-state index contributed by atoms with van der Waals surface area (Å²) in [5.41, 5.74) is 6.86. The molecule has 0 saturated carbocycles. The third-order valence-electron chi connectivity index (χ3n) is 2.27. The smallest absolute Gasteiger partial charge is 0.290 e. The molecule has 0 saturated heterocycles. The van der Waals surface area contributed by atoms with Crippen molar-refractivity contribution in [2.24, 2.45) is 0 Å². The van der Waals surface area contributed by atoms with Crippen molar-refractivity contribution >= 4 is 5.69 Å². The van der Waals surface area contributed by atoms with Gasteiger partial charge in [0.15, 0.2) is 0 Å². The van der Waals surface area contributed by atoms with Gasteiger partial charge in [0.2, 0.25) is 0 Å². The van der Waals surface area contributed by atoms with Crippen LogP contribution in [0.2, 0.25) is 0 Å². The van der Waals surface area contributed by atoms with Gasteiger partial charge in [-0.3, -0.25) is 9.48 Å². The largest absolute Gasteiger partial charge is 0.393 e. The van der Waals surface area contributed by atoms with Crippen LogP contribution in [0.4, 0.5) is 5.69 Å². The predicted molar refractivity (Wildman–Crippen MR) is 53.8 cm³/mol. The first-order chi connectivity index (χ1) is 6.13. The molecule has 0 aliphatic rings. The minimum absolute atomic E-state index is 0.0544. The van der Waals surface area contributed by atoms with Crippen molar-refractivity contribution in [3.63, 3.8) is 0 Å². The number of anilines is 1. The average Bonchev–Trinajstić information content (AvgIpc) is 2.32. The molecule has 13 heavy (non-hydrogen) atoms. The van der Waals surface area contributed by atoms with E-state index >= 15 is 0 Å². The van der Waals surface area contributed by atoms with Crippen LogP contribution in [-0.2, 0) is 13.1 Å². The summed E-state index contributed by atoms with van der Waals surface area (Å²) in [5.74, 6) is 0. The van der Waals surface area contributed by atoms with E-state index in [4.69, 9.17) is 5.73 Å². The summed E-state index contributed by atoms with van der Waals surface area (Å²) in [7, 11) is 0. The van der Waals surface area contributed by atoms with Crippen molar-refractivity contribution in [2.45, 2.75) is 40.3 Å². The fraction of sp³-hybridized carbons (Fsp3) is 0.667. The van der Waals surface area contributed by atoms with Crippen LogP contribution in [0.5, 0.6) is 0 Å². The summed E-state index contributed by atoms with van der Waals surface area (Å²) in [6.07, 6.45) is 0.947. The summed E-state index contributed by atoms with van der Waals surface area (Å²) in [6.45, 7) is 7.47. The van der Waals surface area contributed by atoms with Crippen LogP contribution in [0.15, 0.2) is 4.79 Å². The molecule has 1 rings (SSSR count). The molecule has 0 radical (unpaired) electrons. The molecule has 2 N–H and O–H groups in total. The molecule has 0 spiro atoms. The fourth-order valence-corrected chi connectivity index (χ4v) is 1.57. The molecule has 74 valence electrons. The Hall–Kier alpha value is -1.19. The van der Waals surface area contributed by atoms with E-state index in [2.05, 4.69) is 0 Å². The Morgan fingerprint density at radius 2 is 1.92 bits per heavy atom. The second-order valence-corrected chi connectivity index (χ2v) is 3.14. The van der Waals surface area contributed by atoms with Gasteiger partial charge in [0.25, 0.3) is 5.56 Å². The Bertz CT molecular complexity index is 348. The molecule has 1 heterocycles. The lowest BCUT2D eigenvalue weighted by Crippen LogP contribution is -2.23. The third-order valence-corrected chi connectivity index (χ3v) is 2.27. The zero-order chi connectivity index (χ0) is 10.0. The highest BCUT2D eigenvalue weighted by Crippen LogP contribution is 2.06. The van der Waals surface area contributed by atoms with E-state index in [1.807, 2.05) is 25.5 Å². The Morgan fingerprint density at radius 1 is 1.31 bits per heavy atom. The van der Waals surface area contributed by atoms with Crippen LogP contribution in [0, 0.1) is 6.92 Å². The molecular weight excluding hydrogens is 166 g/mol. The van der Waals surface area contributed by atoms with Gasteiger partial charge in [0.05, 0.1) is 5.69 Å². The lowest BCUT2D eigenvalue weighted by atomic mass is 10.4. The predicted octanol–water partition coefficient (Wildman–Crippen LogP) is 0.970. The van der Waals surface area contributed by atoms with E-state index in [0.717, 1.165) is 25.2 Å². The maximum atomic E-state index is 11.6. The van der Waals surface area contributed by atoms with E-state index in [0.29, 0.717) is 5.69 Å². The van der Waals surface area contributed by atoms with Gasteiger partial charge in [-0.15, -0.1) is 0 Å². The van der Waals surface area contributed by atoms with Crippen LogP contribution in [0.1, 0.15) is 26.0 Å². The van der Waals surface area contributed by atoms with Gasteiger partial charge < -0.3 is 5.73 Å². The molecule has 1 aromatic heterocycles. The minimum Gasteiger partial charge on any atom is -0.393 e. The van der Waals surface area contributed by atoms with Crippen molar-refractivity contribution in [3.05, 3.63) is 16.0 Å². The van der Waals surface area contributed by atoms with Gasteiger partial charge in [-0.2, -0.15) is 0 Å². The van der Waals surface area contributed by atoms with E-state index in [-0.39, 0.29) is 5.56 Å². The first kappa shape index (κ1) is 9.89. The van der Waals surface area contributed by atoms with Crippen LogP contribution in [-0.4, -0.2) is 9.36 Å². The minimum atomic E-state index is -0.0544. The molecular formula is C9H17N3O. The number of nitrogens with two attached hydrogens (primary N) is 1. The summed E-state index contributed by atoms with van der Waals surface area (Å²) < 4.78 is 3.64. The summed E-state index contributed by atoms with van der Waals surface area (Å²) in [4.78, 5) is 11.6. The maximum Gasteiger partial charge on any atom is 0.290 e. The van der Waals surface area contributed by atoms with E-state index in [1.54, 1.807) is 4.68 Å². The highest BCUT2D eigenvalue weighted by molar-refractivity contribution is 5.40. The van der Waals surface area contributed by atoms with E-state index in [1.165, 1.54) is 0 Å². The van der Waals surface area contributed by atoms with Crippen molar-refractivity contribution in [3.8, 4) is 0 Å². The zero-order valence-corrected chi connectivity index (χ0v) is 8.50. The van der Waals surface area contributed by atoms with Crippen molar-refractivity contribution in [2.75, 3.05) is 5.73 Å². The summed E-state index contributed by atoms with van der Waals surface area (Å²) >= 11 is 0. The Labute approximate surface area is 77.9 Å². The normalized spacial score (nSPS) is 10.7. The fourth-order valence-electron chi connectivity index (χ4n) is 1.57. The van der Waals surface area contributed by atoms with E-state index in [9.17, 15) is 4.79 Å². The van der Waals surface area contributed by atoms with Crippen molar-refractivity contribution in [1.82, 2.24) is 9.36 Å². The summed E-state index contributed by atoms with van der Waals surface area (Å²) in [5, 5.41) is 0.